The number of para-hydroxylation sites is 2. The van der Waals surface area contributed by atoms with Crippen molar-refractivity contribution in [1.82, 2.24) is 9.80 Å². The minimum absolute atomic E-state index is 0.0621. The molecule has 2 amide bonds. The lowest BCUT2D eigenvalue weighted by Gasteiger charge is -2.38. The molecule has 2 aliphatic rings. The number of carbonyl (C=O) groups is 2. The zero-order chi connectivity index (χ0) is 19.0. The van der Waals surface area contributed by atoms with E-state index in [-0.39, 0.29) is 17.9 Å². The first-order valence-corrected chi connectivity index (χ1v) is 9.09. The maximum absolute atomic E-state index is 12.9. The molecule has 0 bridgehead atoms. The molecule has 4 rings (SSSR count). The number of benzene rings is 1. The predicted octanol–water partition coefficient (Wildman–Crippen LogP) is 2.10. The third kappa shape index (κ3) is 3.25. The molecule has 2 aromatic rings. The van der Waals surface area contributed by atoms with E-state index in [1.807, 2.05) is 25.1 Å². The van der Waals surface area contributed by atoms with Crippen LogP contribution in [0.25, 0.3) is 0 Å². The van der Waals surface area contributed by atoms with Gasteiger partial charge in [0.2, 0.25) is 6.10 Å². The Morgan fingerprint density at radius 1 is 0.963 bits per heavy atom. The quantitative estimate of drug-likeness (QED) is 0.810. The van der Waals surface area contributed by atoms with Gasteiger partial charge in [-0.25, -0.2) is 0 Å². The third-order valence-corrected chi connectivity index (χ3v) is 5.05. The lowest BCUT2D eigenvalue weighted by atomic mass is 10.1. The minimum Gasteiger partial charge on any atom is -0.482 e. The summed E-state index contributed by atoms with van der Waals surface area (Å²) < 4.78 is 16.9. The topological polar surface area (TPSA) is 72.2 Å². The maximum Gasteiger partial charge on any atom is 0.267 e. The lowest BCUT2D eigenvalue weighted by Crippen LogP contribution is -2.56. The number of hydrogen-bond acceptors (Lipinski definition) is 5. The lowest BCUT2D eigenvalue weighted by molar-refractivity contribution is -0.145. The van der Waals surface area contributed by atoms with E-state index >= 15 is 0 Å². The van der Waals surface area contributed by atoms with Gasteiger partial charge in [-0.2, -0.15) is 0 Å². The van der Waals surface area contributed by atoms with Gasteiger partial charge in [-0.1, -0.05) is 12.1 Å². The normalized spacial score (nSPS) is 21.9. The Morgan fingerprint density at radius 3 is 2.22 bits per heavy atom. The van der Waals surface area contributed by atoms with Crippen LogP contribution in [0.3, 0.4) is 0 Å². The predicted molar refractivity (Wildman–Crippen MR) is 96.9 cm³/mol. The van der Waals surface area contributed by atoms with Crippen LogP contribution in [0.2, 0.25) is 0 Å². The average Bonchev–Trinajstić information content (AvgIpc) is 3.12. The van der Waals surface area contributed by atoms with Crippen LogP contribution in [0.5, 0.6) is 11.5 Å². The Morgan fingerprint density at radius 2 is 1.59 bits per heavy atom. The number of piperazine rings is 1. The SMILES string of the molecule is Cc1occc1C(=O)N1CCN(C(=O)[C@@H]2Oc3ccccc3O[C@@H]2C)CC1. The van der Waals surface area contributed by atoms with E-state index in [1.165, 1.54) is 6.26 Å². The largest absolute Gasteiger partial charge is 0.482 e. The molecule has 7 nitrogen and oxygen atoms in total. The van der Waals surface area contributed by atoms with Crippen LogP contribution in [0, 0.1) is 6.92 Å². The highest BCUT2D eigenvalue weighted by Crippen LogP contribution is 2.34. The monoisotopic (exact) mass is 370 g/mol. The van der Waals surface area contributed by atoms with Crippen molar-refractivity contribution in [3.63, 3.8) is 0 Å². The fourth-order valence-corrected chi connectivity index (χ4v) is 3.48. The Balaban J connectivity index is 1.39. The molecule has 0 aliphatic carbocycles. The van der Waals surface area contributed by atoms with Crippen molar-refractivity contribution in [3.8, 4) is 11.5 Å². The van der Waals surface area contributed by atoms with Gasteiger partial charge >= 0.3 is 0 Å². The fourth-order valence-electron chi connectivity index (χ4n) is 3.48. The van der Waals surface area contributed by atoms with Gasteiger partial charge in [0.25, 0.3) is 11.8 Å². The molecule has 2 aliphatic heterocycles. The van der Waals surface area contributed by atoms with Gasteiger partial charge in [-0.3, -0.25) is 9.59 Å². The molecule has 1 fully saturated rings. The second kappa shape index (κ2) is 6.98. The van der Waals surface area contributed by atoms with Gasteiger partial charge in [0.1, 0.15) is 11.9 Å². The number of fused-ring (bicyclic) bond motifs is 1. The number of nitrogens with zero attached hydrogens (tertiary/aromatic N) is 2. The van der Waals surface area contributed by atoms with Crippen LogP contribution in [-0.2, 0) is 4.79 Å². The molecule has 3 heterocycles. The Hall–Kier alpha value is -2.96. The van der Waals surface area contributed by atoms with Gasteiger partial charge in [0, 0.05) is 26.2 Å². The molecule has 7 heteroatoms. The molecule has 0 radical (unpaired) electrons. The van der Waals surface area contributed by atoms with Crippen LogP contribution in [0.1, 0.15) is 23.0 Å². The third-order valence-electron chi connectivity index (χ3n) is 5.05. The molecule has 0 unspecified atom stereocenters. The summed E-state index contributed by atoms with van der Waals surface area (Å²) in [5.74, 6) is 1.67. The van der Waals surface area contributed by atoms with Gasteiger partial charge in [0.05, 0.1) is 11.8 Å². The van der Waals surface area contributed by atoms with Crippen molar-refractivity contribution < 1.29 is 23.5 Å². The highest BCUT2D eigenvalue weighted by Gasteiger charge is 2.38. The van der Waals surface area contributed by atoms with E-state index in [4.69, 9.17) is 13.9 Å². The molecule has 1 saturated heterocycles. The van der Waals surface area contributed by atoms with E-state index in [9.17, 15) is 9.59 Å². The summed E-state index contributed by atoms with van der Waals surface area (Å²) in [7, 11) is 0. The number of hydrogen-bond donors (Lipinski definition) is 0. The number of ether oxygens (including phenoxy) is 2. The molecule has 0 saturated carbocycles. The second-order valence-electron chi connectivity index (χ2n) is 6.82. The van der Waals surface area contributed by atoms with Crippen molar-refractivity contribution in [2.75, 3.05) is 26.2 Å². The molecular weight excluding hydrogens is 348 g/mol. The zero-order valence-electron chi connectivity index (χ0n) is 15.4. The summed E-state index contributed by atoms with van der Waals surface area (Å²) in [4.78, 5) is 29.0. The second-order valence-corrected chi connectivity index (χ2v) is 6.82. The van der Waals surface area contributed by atoms with E-state index in [1.54, 1.807) is 28.9 Å². The first-order valence-electron chi connectivity index (χ1n) is 9.09. The van der Waals surface area contributed by atoms with Crippen LogP contribution < -0.4 is 9.47 Å². The number of carbonyl (C=O) groups excluding carboxylic acids is 2. The van der Waals surface area contributed by atoms with Gasteiger partial charge in [0.15, 0.2) is 11.5 Å². The molecule has 2 atom stereocenters. The van der Waals surface area contributed by atoms with Crippen LogP contribution in [0.4, 0.5) is 0 Å². The summed E-state index contributed by atoms with van der Waals surface area (Å²) >= 11 is 0. The molecule has 0 spiro atoms. The van der Waals surface area contributed by atoms with Crippen LogP contribution in [0.15, 0.2) is 41.0 Å². The Labute approximate surface area is 157 Å². The summed E-state index contributed by atoms with van der Waals surface area (Å²) in [6.45, 7) is 5.50. The molecule has 1 aromatic carbocycles. The molecule has 1 aromatic heterocycles. The molecule has 142 valence electrons. The summed E-state index contributed by atoms with van der Waals surface area (Å²) in [6.07, 6.45) is 0.459. The van der Waals surface area contributed by atoms with Crippen molar-refractivity contribution in [2.45, 2.75) is 26.1 Å². The number of furan rings is 1. The van der Waals surface area contributed by atoms with Crippen LogP contribution in [-0.4, -0.2) is 60.0 Å². The maximum atomic E-state index is 12.9. The molecule has 27 heavy (non-hydrogen) atoms. The van der Waals surface area contributed by atoms with Crippen molar-refractivity contribution >= 4 is 11.8 Å². The Bertz CT molecular complexity index is 854. The van der Waals surface area contributed by atoms with Crippen molar-refractivity contribution in [2.24, 2.45) is 0 Å². The standard InChI is InChI=1S/C20H22N2O5/c1-13-15(7-12-25-13)19(23)21-8-10-22(11-9-21)20(24)18-14(2)26-16-5-3-4-6-17(16)27-18/h3-7,12,14,18H,8-11H2,1-2H3/t14-,18-/m1/s1. The summed E-state index contributed by atoms with van der Waals surface area (Å²) in [5, 5.41) is 0. The molecule has 0 N–H and O–H groups in total. The number of aryl methyl sites for hydroxylation is 1. The van der Waals surface area contributed by atoms with Gasteiger partial charge < -0.3 is 23.7 Å². The van der Waals surface area contributed by atoms with Gasteiger partial charge in [-0.05, 0) is 32.0 Å². The smallest absolute Gasteiger partial charge is 0.267 e. The summed E-state index contributed by atoms with van der Waals surface area (Å²) in [5.41, 5.74) is 0.573. The van der Waals surface area contributed by atoms with E-state index in [2.05, 4.69) is 0 Å². The summed E-state index contributed by atoms with van der Waals surface area (Å²) in [6, 6.07) is 9.03. The molecular formula is C20H22N2O5. The first kappa shape index (κ1) is 17.5. The average molecular weight is 370 g/mol. The fraction of sp³-hybridized carbons (Fsp3) is 0.400. The van der Waals surface area contributed by atoms with Crippen molar-refractivity contribution in [1.29, 1.82) is 0 Å². The highest BCUT2D eigenvalue weighted by molar-refractivity contribution is 5.95. The van der Waals surface area contributed by atoms with Crippen LogP contribution >= 0.6 is 0 Å². The number of amides is 2. The highest BCUT2D eigenvalue weighted by atomic mass is 16.6. The van der Waals surface area contributed by atoms with Gasteiger partial charge in [-0.15, -0.1) is 0 Å². The Kier molecular flexibility index (Phi) is 4.51. The minimum atomic E-state index is -0.682. The van der Waals surface area contributed by atoms with E-state index < -0.39 is 6.10 Å². The zero-order valence-corrected chi connectivity index (χ0v) is 15.4. The van der Waals surface area contributed by atoms with Crippen molar-refractivity contribution in [3.05, 3.63) is 47.9 Å². The van der Waals surface area contributed by atoms with E-state index in [0.717, 1.165) is 0 Å². The number of rotatable bonds is 2. The van der Waals surface area contributed by atoms with E-state index in [0.29, 0.717) is 49.0 Å². The first-order chi connectivity index (χ1) is 13.0.